The van der Waals surface area contributed by atoms with Gasteiger partial charge in [-0.15, -0.1) is 0 Å². The van der Waals surface area contributed by atoms with Gasteiger partial charge in [-0.2, -0.15) is 0 Å². The quantitative estimate of drug-likeness (QED) is 0.672. The topological polar surface area (TPSA) is 64.2 Å². The molecular formula is C12H18N2O3S. The van der Waals surface area contributed by atoms with E-state index in [1.807, 2.05) is 13.8 Å². The number of hydrogen-bond donors (Lipinski definition) is 1. The fourth-order valence-corrected chi connectivity index (χ4v) is 1.91. The number of nitrogens with one attached hydrogen (secondary N) is 1. The number of nitrogens with zero attached hydrogens (tertiary/aromatic N) is 1. The molecule has 100 valence electrons. The molecule has 0 aliphatic carbocycles. The number of ether oxygens (including phenoxy) is 2. The summed E-state index contributed by atoms with van der Waals surface area (Å²) in [4.78, 5) is 18.9. The van der Waals surface area contributed by atoms with Gasteiger partial charge in [-0.25, -0.2) is 9.78 Å². The minimum absolute atomic E-state index is 0.227. The number of aryl methyl sites for hydroxylation is 1. The molecule has 0 saturated heterocycles. The molecule has 0 bridgehead atoms. The van der Waals surface area contributed by atoms with E-state index < -0.39 is 11.6 Å². The van der Waals surface area contributed by atoms with Crippen LogP contribution in [0.1, 0.15) is 42.1 Å². The van der Waals surface area contributed by atoms with Crippen LogP contribution in [-0.2, 0) is 15.1 Å². The van der Waals surface area contributed by atoms with E-state index in [0.29, 0.717) is 17.1 Å². The van der Waals surface area contributed by atoms with Crippen LogP contribution in [-0.4, -0.2) is 30.2 Å². The van der Waals surface area contributed by atoms with Gasteiger partial charge in [0, 0.05) is 12.8 Å². The Kier molecular flexibility index (Phi) is 4.59. The molecule has 6 heteroatoms. The average Bonchev–Trinajstić information content (AvgIpc) is 2.36. The van der Waals surface area contributed by atoms with Crippen LogP contribution in [0, 0.1) is 11.6 Å². The third-order valence-electron chi connectivity index (χ3n) is 3.12. The smallest absolute Gasteiger partial charge is 0.342 e. The molecule has 0 spiro atoms. The van der Waals surface area contributed by atoms with E-state index in [4.69, 9.17) is 17.0 Å². The van der Waals surface area contributed by atoms with Gasteiger partial charge < -0.3 is 14.5 Å². The molecule has 0 saturated carbocycles. The lowest BCUT2D eigenvalue weighted by Crippen LogP contribution is -2.27. The summed E-state index contributed by atoms with van der Waals surface area (Å²) in [7, 11) is 2.93. The monoisotopic (exact) mass is 270 g/mol. The van der Waals surface area contributed by atoms with Crippen LogP contribution in [0.5, 0.6) is 0 Å². The zero-order chi connectivity index (χ0) is 13.9. The Balaban J connectivity index is 3.40. The summed E-state index contributed by atoms with van der Waals surface area (Å²) in [6, 6.07) is 0. The normalized spacial score (nSPS) is 14.1. The number of carbonyl (C=O) groups is 1. The first kappa shape index (κ1) is 14.8. The largest absolute Gasteiger partial charge is 0.465 e. The van der Waals surface area contributed by atoms with E-state index >= 15 is 0 Å². The number of H-pyrrole nitrogens is 1. The van der Waals surface area contributed by atoms with Gasteiger partial charge in [-0.1, -0.05) is 19.1 Å². The van der Waals surface area contributed by atoms with E-state index in [9.17, 15) is 4.79 Å². The molecule has 0 radical (unpaired) electrons. The predicted molar refractivity (Wildman–Crippen MR) is 70.2 cm³/mol. The molecular weight excluding hydrogens is 252 g/mol. The van der Waals surface area contributed by atoms with Crippen molar-refractivity contribution in [2.75, 3.05) is 14.2 Å². The lowest BCUT2D eigenvalue weighted by atomic mass is 10.0. The van der Waals surface area contributed by atoms with Crippen LogP contribution in [0.2, 0.25) is 0 Å². The number of aromatic nitrogens is 2. The molecule has 0 aliphatic heterocycles. The molecule has 1 aromatic rings. The van der Waals surface area contributed by atoms with Crippen molar-refractivity contribution in [2.45, 2.75) is 32.8 Å². The summed E-state index contributed by atoms with van der Waals surface area (Å²) in [5, 5.41) is 0. The van der Waals surface area contributed by atoms with Crippen molar-refractivity contribution in [3.8, 4) is 0 Å². The molecule has 1 atom stereocenters. The van der Waals surface area contributed by atoms with Crippen LogP contribution < -0.4 is 0 Å². The second kappa shape index (κ2) is 5.58. The fourth-order valence-electron chi connectivity index (χ4n) is 1.59. The standard InChI is InChI=1S/C12H18N2O3S/c1-6-12(3,17-5)11-13-7(2)8(9(18)14-11)10(15)16-4/h6H2,1-5H3,(H,13,14,18). The minimum Gasteiger partial charge on any atom is -0.465 e. The van der Waals surface area contributed by atoms with Crippen molar-refractivity contribution < 1.29 is 14.3 Å². The Morgan fingerprint density at radius 1 is 1.50 bits per heavy atom. The number of aromatic amines is 1. The molecule has 0 amide bonds. The van der Waals surface area contributed by atoms with Gasteiger partial charge in [-0.05, 0) is 20.3 Å². The number of esters is 1. The maximum absolute atomic E-state index is 11.6. The first-order chi connectivity index (χ1) is 8.39. The Morgan fingerprint density at radius 3 is 2.50 bits per heavy atom. The van der Waals surface area contributed by atoms with E-state index in [1.165, 1.54) is 7.11 Å². The van der Waals surface area contributed by atoms with Crippen molar-refractivity contribution in [2.24, 2.45) is 0 Å². The third-order valence-corrected chi connectivity index (χ3v) is 3.42. The Morgan fingerprint density at radius 2 is 2.11 bits per heavy atom. The molecule has 5 nitrogen and oxygen atoms in total. The van der Waals surface area contributed by atoms with Crippen LogP contribution in [0.15, 0.2) is 0 Å². The Hall–Kier alpha value is -1.27. The molecule has 1 aromatic heterocycles. The summed E-state index contributed by atoms with van der Waals surface area (Å²) in [5.74, 6) is 0.131. The highest BCUT2D eigenvalue weighted by molar-refractivity contribution is 7.71. The molecule has 1 heterocycles. The Bertz CT molecular complexity index is 507. The summed E-state index contributed by atoms with van der Waals surface area (Å²) < 4.78 is 10.4. The summed E-state index contributed by atoms with van der Waals surface area (Å²) >= 11 is 5.15. The zero-order valence-corrected chi connectivity index (χ0v) is 12.1. The molecule has 0 aliphatic rings. The van der Waals surface area contributed by atoms with Gasteiger partial charge in [0.25, 0.3) is 0 Å². The zero-order valence-electron chi connectivity index (χ0n) is 11.3. The number of methoxy groups -OCH3 is 2. The fraction of sp³-hybridized carbons (Fsp3) is 0.583. The first-order valence-electron chi connectivity index (χ1n) is 5.64. The van der Waals surface area contributed by atoms with E-state index in [2.05, 4.69) is 14.7 Å². The van der Waals surface area contributed by atoms with Gasteiger partial charge in [-0.3, -0.25) is 0 Å². The van der Waals surface area contributed by atoms with Crippen LogP contribution in [0.25, 0.3) is 0 Å². The van der Waals surface area contributed by atoms with E-state index in [1.54, 1.807) is 14.0 Å². The van der Waals surface area contributed by atoms with Crippen molar-refractivity contribution in [3.63, 3.8) is 0 Å². The van der Waals surface area contributed by atoms with Gasteiger partial charge in [0.05, 0.1) is 7.11 Å². The lowest BCUT2D eigenvalue weighted by Gasteiger charge is -2.26. The highest BCUT2D eigenvalue weighted by Crippen LogP contribution is 2.25. The van der Waals surface area contributed by atoms with E-state index in [-0.39, 0.29) is 4.64 Å². The summed E-state index contributed by atoms with van der Waals surface area (Å²) in [5.41, 5.74) is 0.381. The highest BCUT2D eigenvalue weighted by atomic mass is 32.1. The highest BCUT2D eigenvalue weighted by Gasteiger charge is 2.28. The SMILES string of the molecule is CCC(C)(OC)c1nc(=S)c(C(=O)OC)c(C)[nH]1. The molecule has 0 fully saturated rings. The third kappa shape index (κ3) is 2.59. The predicted octanol–water partition coefficient (Wildman–Crippen LogP) is 2.51. The van der Waals surface area contributed by atoms with Crippen molar-refractivity contribution >= 4 is 18.2 Å². The first-order valence-corrected chi connectivity index (χ1v) is 6.05. The van der Waals surface area contributed by atoms with Gasteiger partial charge >= 0.3 is 5.97 Å². The number of rotatable bonds is 4. The van der Waals surface area contributed by atoms with Crippen molar-refractivity contribution in [1.82, 2.24) is 9.97 Å². The number of carbonyl (C=O) groups excluding carboxylic acids is 1. The maximum atomic E-state index is 11.6. The van der Waals surface area contributed by atoms with Gasteiger partial charge in [0.1, 0.15) is 21.6 Å². The molecule has 18 heavy (non-hydrogen) atoms. The molecule has 0 aromatic carbocycles. The van der Waals surface area contributed by atoms with Crippen LogP contribution in [0.3, 0.4) is 0 Å². The summed E-state index contributed by atoms with van der Waals surface area (Å²) in [6.45, 7) is 5.67. The van der Waals surface area contributed by atoms with Crippen LogP contribution >= 0.6 is 12.2 Å². The average molecular weight is 270 g/mol. The lowest BCUT2D eigenvalue weighted by molar-refractivity contribution is -0.00929. The van der Waals surface area contributed by atoms with Crippen molar-refractivity contribution in [3.05, 3.63) is 21.7 Å². The van der Waals surface area contributed by atoms with Gasteiger partial charge in [0.15, 0.2) is 0 Å². The maximum Gasteiger partial charge on any atom is 0.342 e. The van der Waals surface area contributed by atoms with Crippen molar-refractivity contribution in [1.29, 1.82) is 0 Å². The number of hydrogen-bond acceptors (Lipinski definition) is 5. The summed E-state index contributed by atoms with van der Waals surface area (Å²) in [6.07, 6.45) is 0.735. The Labute approximate surface area is 112 Å². The van der Waals surface area contributed by atoms with Gasteiger partial charge in [0.2, 0.25) is 0 Å². The van der Waals surface area contributed by atoms with Crippen LogP contribution in [0.4, 0.5) is 0 Å². The second-order valence-electron chi connectivity index (χ2n) is 4.17. The molecule has 1 unspecified atom stereocenters. The molecule has 1 rings (SSSR count). The second-order valence-corrected chi connectivity index (χ2v) is 4.56. The van der Waals surface area contributed by atoms with E-state index in [0.717, 1.165) is 6.42 Å². The molecule has 1 N–H and O–H groups in total. The minimum atomic E-state index is -0.549.